The molecule has 7 nitrogen and oxygen atoms in total. The highest BCUT2D eigenvalue weighted by molar-refractivity contribution is 7.20. The minimum Gasteiger partial charge on any atom is -0.455 e. The molecule has 0 saturated carbocycles. The van der Waals surface area contributed by atoms with Gasteiger partial charge in [-0.05, 0) is 26.3 Å². The van der Waals surface area contributed by atoms with Crippen molar-refractivity contribution < 1.29 is 14.1 Å². The van der Waals surface area contributed by atoms with Crippen LogP contribution in [0.25, 0.3) is 10.2 Å². The molecule has 0 atom stereocenters. The molecule has 8 heteroatoms. The summed E-state index contributed by atoms with van der Waals surface area (Å²) in [6.45, 7) is 5.18. The predicted molar refractivity (Wildman–Crippen MR) is 80.1 cm³/mol. The van der Waals surface area contributed by atoms with E-state index in [1.807, 2.05) is 0 Å². The lowest BCUT2D eigenvalue weighted by Crippen LogP contribution is -2.10. The van der Waals surface area contributed by atoms with E-state index in [1.165, 1.54) is 0 Å². The maximum atomic E-state index is 12.2. The minimum absolute atomic E-state index is 0.0205. The molecule has 0 aliphatic heterocycles. The van der Waals surface area contributed by atoms with Crippen LogP contribution in [0.2, 0.25) is 0 Å². The van der Waals surface area contributed by atoms with Gasteiger partial charge in [-0.15, -0.1) is 11.3 Å². The van der Waals surface area contributed by atoms with E-state index >= 15 is 0 Å². The van der Waals surface area contributed by atoms with Crippen molar-refractivity contribution in [3.63, 3.8) is 0 Å². The third kappa shape index (κ3) is 2.52. The molecule has 0 spiro atoms. The third-order valence-corrected chi connectivity index (χ3v) is 4.30. The number of aromatic amines is 1. The molecule has 22 heavy (non-hydrogen) atoms. The number of H-pyrrole nitrogens is 1. The van der Waals surface area contributed by atoms with Gasteiger partial charge in [0.25, 0.3) is 5.56 Å². The first kappa shape index (κ1) is 14.5. The molecular formula is C14H13N3O4S. The van der Waals surface area contributed by atoms with Gasteiger partial charge in [-0.2, -0.15) is 0 Å². The monoisotopic (exact) mass is 319 g/mol. The van der Waals surface area contributed by atoms with Gasteiger partial charge < -0.3 is 14.2 Å². The van der Waals surface area contributed by atoms with Gasteiger partial charge >= 0.3 is 5.97 Å². The molecule has 0 aromatic carbocycles. The number of rotatable bonds is 3. The summed E-state index contributed by atoms with van der Waals surface area (Å²) in [7, 11) is 0. The molecule has 0 bridgehead atoms. The van der Waals surface area contributed by atoms with E-state index in [0.29, 0.717) is 37.9 Å². The summed E-state index contributed by atoms with van der Waals surface area (Å²) in [5.74, 6) is 0.658. The average Bonchev–Trinajstić information content (AvgIpc) is 3.00. The van der Waals surface area contributed by atoms with Gasteiger partial charge in [0.2, 0.25) is 0 Å². The van der Waals surface area contributed by atoms with E-state index in [1.54, 1.807) is 26.8 Å². The summed E-state index contributed by atoms with van der Waals surface area (Å²) < 4.78 is 10.1. The van der Waals surface area contributed by atoms with E-state index in [4.69, 9.17) is 9.26 Å². The topological polar surface area (TPSA) is 98.1 Å². The van der Waals surface area contributed by atoms with Gasteiger partial charge in [-0.1, -0.05) is 5.16 Å². The number of thiophene rings is 1. The Bertz CT molecular complexity index is 922. The largest absolute Gasteiger partial charge is 0.455 e. The Balaban J connectivity index is 1.89. The van der Waals surface area contributed by atoms with Crippen LogP contribution in [0.15, 0.2) is 15.4 Å². The molecule has 0 unspecified atom stereocenters. The summed E-state index contributed by atoms with van der Waals surface area (Å²) >= 11 is 1.15. The molecule has 3 aromatic heterocycles. The second-order valence-corrected chi connectivity index (χ2v) is 5.89. The summed E-state index contributed by atoms with van der Waals surface area (Å²) in [6.07, 6.45) is 0. The maximum Gasteiger partial charge on any atom is 0.349 e. The number of nitrogens with zero attached hydrogens (tertiary/aromatic N) is 2. The number of esters is 1. The van der Waals surface area contributed by atoms with Crippen molar-refractivity contribution in [3.05, 3.63) is 44.1 Å². The number of nitrogens with one attached hydrogen (secondary N) is 1. The van der Waals surface area contributed by atoms with E-state index < -0.39 is 5.97 Å². The van der Waals surface area contributed by atoms with Crippen LogP contribution in [0, 0.1) is 20.8 Å². The molecule has 3 heterocycles. The summed E-state index contributed by atoms with van der Waals surface area (Å²) in [5, 5.41) is 4.19. The van der Waals surface area contributed by atoms with Gasteiger partial charge in [-0.25, -0.2) is 9.78 Å². The first-order valence-electron chi connectivity index (χ1n) is 6.55. The fourth-order valence-corrected chi connectivity index (χ4v) is 3.26. The Morgan fingerprint density at radius 1 is 1.41 bits per heavy atom. The number of ether oxygens (including phenoxy) is 1. The first-order valence-corrected chi connectivity index (χ1v) is 7.36. The maximum absolute atomic E-state index is 12.2. The molecule has 3 rings (SSSR count). The number of hydrogen-bond acceptors (Lipinski definition) is 7. The van der Waals surface area contributed by atoms with Crippen molar-refractivity contribution in [1.29, 1.82) is 0 Å². The van der Waals surface area contributed by atoms with Crippen LogP contribution in [-0.4, -0.2) is 21.1 Å². The van der Waals surface area contributed by atoms with Crippen LogP contribution in [0.4, 0.5) is 0 Å². The SMILES string of the molecule is Cc1nc2sc(C(=O)OCc3cc(C)on3)c(C)c2c(=O)[nH]1. The van der Waals surface area contributed by atoms with Crippen LogP contribution in [0.1, 0.15) is 32.5 Å². The van der Waals surface area contributed by atoms with Crippen LogP contribution in [0.3, 0.4) is 0 Å². The van der Waals surface area contributed by atoms with E-state index in [-0.39, 0.29) is 12.2 Å². The zero-order chi connectivity index (χ0) is 15.9. The van der Waals surface area contributed by atoms with Crippen molar-refractivity contribution >= 4 is 27.5 Å². The first-order chi connectivity index (χ1) is 10.5. The Labute approximate surface area is 128 Å². The second-order valence-electron chi connectivity index (χ2n) is 4.89. The standard InChI is InChI=1S/C14H13N3O4S/c1-6-4-9(17-21-6)5-20-14(19)11-7(2)10-12(18)15-8(3)16-13(10)22-11/h4H,5H2,1-3H3,(H,15,16,18). The molecule has 0 aliphatic carbocycles. The average molecular weight is 319 g/mol. The number of aryl methyl sites for hydroxylation is 3. The number of carbonyl (C=O) groups excluding carboxylic acids is 1. The highest BCUT2D eigenvalue weighted by Crippen LogP contribution is 2.27. The quantitative estimate of drug-likeness (QED) is 0.744. The van der Waals surface area contributed by atoms with Crippen molar-refractivity contribution in [1.82, 2.24) is 15.1 Å². The Morgan fingerprint density at radius 3 is 2.86 bits per heavy atom. The van der Waals surface area contributed by atoms with Gasteiger partial charge in [0.05, 0.1) is 5.39 Å². The third-order valence-electron chi connectivity index (χ3n) is 3.13. The smallest absolute Gasteiger partial charge is 0.349 e. The van der Waals surface area contributed by atoms with Gasteiger partial charge in [0.1, 0.15) is 33.6 Å². The second kappa shape index (κ2) is 5.38. The lowest BCUT2D eigenvalue weighted by atomic mass is 10.2. The molecule has 0 fully saturated rings. The molecule has 3 aromatic rings. The van der Waals surface area contributed by atoms with Gasteiger partial charge in [0, 0.05) is 6.07 Å². The molecule has 0 amide bonds. The fourth-order valence-electron chi connectivity index (χ4n) is 2.14. The molecule has 114 valence electrons. The van der Waals surface area contributed by atoms with Crippen molar-refractivity contribution in [2.45, 2.75) is 27.4 Å². The normalized spacial score (nSPS) is 11.0. The predicted octanol–water partition coefficient (Wildman–Crippen LogP) is 2.25. The van der Waals surface area contributed by atoms with E-state index in [0.717, 1.165) is 11.3 Å². The van der Waals surface area contributed by atoms with Gasteiger partial charge in [-0.3, -0.25) is 4.79 Å². The van der Waals surface area contributed by atoms with E-state index in [2.05, 4.69) is 15.1 Å². The summed E-state index contributed by atoms with van der Waals surface area (Å²) in [6, 6.07) is 1.70. The molecule has 0 radical (unpaired) electrons. The van der Waals surface area contributed by atoms with Crippen molar-refractivity contribution in [3.8, 4) is 0 Å². The highest BCUT2D eigenvalue weighted by atomic mass is 32.1. The summed E-state index contributed by atoms with van der Waals surface area (Å²) in [5.41, 5.74) is 0.869. The number of hydrogen-bond donors (Lipinski definition) is 1. The lowest BCUT2D eigenvalue weighted by Gasteiger charge is -2.00. The lowest BCUT2D eigenvalue weighted by molar-refractivity contribution is 0.0469. The zero-order valence-corrected chi connectivity index (χ0v) is 13.0. The number of aromatic nitrogens is 3. The fraction of sp³-hybridized carbons (Fsp3) is 0.286. The van der Waals surface area contributed by atoms with Crippen LogP contribution in [-0.2, 0) is 11.3 Å². The van der Waals surface area contributed by atoms with Crippen LogP contribution in [0.5, 0.6) is 0 Å². The van der Waals surface area contributed by atoms with Crippen LogP contribution < -0.4 is 5.56 Å². The summed E-state index contributed by atoms with van der Waals surface area (Å²) in [4.78, 5) is 32.0. The molecule has 0 saturated heterocycles. The minimum atomic E-state index is -0.502. The molecule has 0 aliphatic rings. The zero-order valence-electron chi connectivity index (χ0n) is 12.2. The van der Waals surface area contributed by atoms with E-state index in [9.17, 15) is 9.59 Å². The Kier molecular flexibility index (Phi) is 3.53. The molecule has 1 N–H and O–H groups in total. The van der Waals surface area contributed by atoms with Crippen molar-refractivity contribution in [2.24, 2.45) is 0 Å². The number of carbonyl (C=O) groups is 1. The van der Waals surface area contributed by atoms with Crippen LogP contribution >= 0.6 is 11.3 Å². The Hall–Kier alpha value is -2.48. The highest BCUT2D eigenvalue weighted by Gasteiger charge is 2.20. The van der Waals surface area contributed by atoms with Gasteiger partial charge in [0.15, 0.2) is 0 Å². The van der Waals surface area contributed by atoms with Crippen molar-refractivity contribution in [2.75, 3.05) is 0 Å². The Morgan fingerprint density at radius 2 is 2.18 bits per heavy atom. The molecular weight excluding hydrogens is 306 g/mol. The number of fused-ring (bicyclic) bond motifs is 1.